The van der Waals surface area contributed by atoms with Gasteiger partial charge in [-0.2, -0.15) is 10.2 Å². The third-order valence-electron chi connectivity index (χ3n) is 6.85. The first-order valence-electron chi connectivity index (χ1n) is 11.0. The number of hydrogen-bond donors (Lipinski definition) is 1. The highest BCUT2D eigenvalue weighted by molar-refractivity contribution is 5.96. The minimum absolute atomic E-state index is 0.0205. The number of aryl methyl sites for hydroxylation is 2. The number of carbonyl (C=O) groups is 1. The molecule has 8 nitrogen and oxygen atoms in total. The summed E-state index contributed by atoms with van der Waals surface area (Å²) < 4.78 is 13.6. The number of aromatic nitrogens is 5. The molecule has 2 bridgehead atoms. The molecule has 3 aromatic heterocycles. The number of nitrogens with zero attached hydrogens (tertiary/aromatic N) is 6. The van der Waals surface area contributed by atoms with E-state index in [1.165, 1.54) is 10.9 Å². The minimum atomic E-state index is -0.329. The van der Waals surface area contributed by atoms with Crippen molar-refractivity contribution in [1.29, 1.82) is 0 Å². The smallest absolute Gasteiger partial charge is 0.275 e. The van der Waals surface area contributed by atoms with Crippen molar-refractivity contribution < 1.29 is 9.18 Å². The van der Waals surface area contributed by atoms with Crippen LogP contribution >= 0.6 is 0 Å². The summed E-state index contributed by atoms with van der Waals surface area (Å²) in [6.45, 7) is 6.26. The molecule has 0 aromatic carbocycles. The highest BCUT2D eigenvalue weighted by Gasteiger charge is 2.51. The zero-order valence-corrected chi connectivity index (χ0v) is 18.4. The standard InChI is InChI=1S/C23H26FN7O/c1-13-4-6-19(31-26-8-9-27-31)22(28-13)23(32)30-17-10-16(11-17)14(2)20(30)12-25-21-7-5-18(24)15(3)29-21/h4-9,14,16-17,20H,10-12H2,1-3H3,(H,25,29)/t14?,16?,17?,20-/m1/s1. The minimum Gasteiger partial charge on any atom is -0.368 e. The fraction of sp³-hybridized carbons (Fsp3) is 0.435. The molecule has 3 aromatic rings. The highest BCUT2D eigenvalue weighted by Crippen LogP contribution is 2.47. The van der Waals surface area contributed by atoms with Crippen LogP contribution in [0.5, 0.6) is 0 Å². The molecule has 2 saturated heterocycles. The lowest BCUT2D eigenvalue weighted by Crippen LogP contribution is -2.64. The van der Waals surface area contributed by atoms with Gasteiger partial charge < -0.3 is 10.2 Å². The third kappa shape index (κ3) is 3.51. The Kier molecular flexibility index (Phi) is 5.11. The molecular formula is C23H26FN7O. The Hall–Kier alpha value is -3.36. The Bertz CT molecular complexity index is 1140. The Balaban J connectivity index is 1.45. The van der Waals surface area contributed by atoms with Crippen molar-refractivity contribution in [3.8, 4) is 5.69 Å². The summed E-state index contributed by atoms with van der Waals surface area (Å²) in [5, 5.41) is 11.7. The Morgan fingerprint density at radius 3 is 2.59 bits per heavy atom. The zero-order chi connectivity index (χ0) is 22.4. The van der Waals surface area contributed by atoms with E-state index in [2.05, 4.69) is 32.4 Å². The highest BCUT2D eigenvalue weighted by atomic mass is 19.1. The van der Waals surface area contributed by atoms with Crippen molar-refractivity contribution >= 4 is 11.7 Å². The van der Waals surface area contributed by atoms with Crippen LogP contribution in [-0.4, -0.2) is 54.4 Å². The van der Waals surface area contributed by atoms with Crippen molar-refractivity contribution in [2.75, 3.05) is 11.9 Å². The molecule has 32 heavy (non-hydrogen) atoms. The van der Waals surface area contributed by atoms with Gasteiger partial charge in [-0.05, 0) is 62.8 Å². The van der Waals surface area contributed by atoms with E-state index >= 15 is 0 Å². The van der Waals surface area contributed by atoms with Gasteiger partial charge >= 0.3 is 0 Å². The van der Waals surface area contributed by atoms with E-state index in [0.29, 0.717) is 41.3 Å². The van der Waals surface area contributed by atoms with E-state index < -0.39 is 0 Å². The number of piperidine rings is 2. The Morgan fingerprint density at radius 1 is 1.12 bits per heavy atom. The van der Waals surface area contributed by atoms with E-state index in [9.17, 15) is 9.18 Å². The van der Waals surface area contributed by atoms with Crippen LogP contribution in [-0.2, 0) is 0 Å². The third-order valence-corrected chi connectivity index (χ3v) is 6.85. The molecule has 0 spiro atoms. The molecule has 1 saturated carbocycles. The number of rotatable bonds is 5. The molecule has 1 aliphatic carbocycles. The lowest BCUT2D eigenvalue weighted by atomic mass is 9.64. The summed E-state index contributed by atoms with van der Waals surface area (Å²) in [6.07, 6.45) is 5.19. The quantitative estimate of drug-likeness (QED) is 0.662. The lowest BCUT2D eigenvalue weighted by molar-refractivity contribution is -0.0505. The van der Waals surface area contributed by atoms with Gasteiger partial charge in [-0.1, -0.05) is 6.92 Å². The predicted molar refractivity (Wildman–Crippen MR) is 117 cm³/mol. The summed E-state index contributed by atoms with van der Waals surface area (Å²) >= 11 is 0. The van der Waals surface area contributed by atoms with Crippen LogP contribution in [0, 0.1) is 31.5 Å². The van der Waals surface area contributed by atoms with Crippen molar-refractivity contribution in [2.45, 2.75) is 45.7 Å². The van der Waals surface area contributed by atoms with Crippen LogP contribution < -0.4 is 5.32 Å². The predicted octanol–water partition coefficient (Wildman–Crippen LogP) is 3.16. The maximum Gasteiger partial charge on any atom is 0.275 e. The molecular weight excluding hydrogens is 409 g/mol. The van der Waals surface area contributed by atoms with Gasteiger partial charge in [0.25, 0.3) is 5.91 Å². The van der Waals surface area contributed by atoms with Gasteiger partial charge in [-0.3, -0.25) is 4.79 Å². The van der Waals surface area contributed by atoms with Gasteiger partial charge in [0, 0.05) is 18.3 Å². The molecule has 1 N–H and O–H groups in total. The van der Waals surface area contributed by atoms with E-state index in [1.807, 2.05) is 24.0 Å². The molecule has 3 aliphatic rings. The molecule has 9 heteroatoms. The number of amides is 1. The van der Waals surface area contributed by atoms with Crippen LogP contribution in [0.1, 0.15) is 41.6 Å². The zero-order valence-electron chi connectivity index (χ0n) is 18.4. The molecule has 3 fully saturated rings. The van der Waals surface area contributed by atoms with Gasteiger partial charge in [-0.25, -0.2) is 14.4 Å². The van der Waals surface area contributed by atoms with Crippen molar-refractivity contribution in [2.24, 2.45) is 11.8 Å². The van der Waals surface area contributed by atoms with Gasteiger partial charge in [0.05, 0.1) is 24.1 Å². The first-order chi connectivity index (χ1) is 15.4. The number of anilines is 1. The number of hydrogen-bond acceptors (Lipinski definition) is 6. The number of nitrogens with one attached hydrogen (secondary N) is 1. The molecule has 5 heterocycles. The molecule has 166 valence electrons. The fourth-order valence-corrected chi connectivity index (χ4v) is 4.91. The summed E-state index contributed by atoms with van der Waals surface area (Å²) in [4.78, 5) is 26.2. The first kappa shape index (κ1) is 20.5. The summed E-state index contributed by atoms with van der Waals surface area (Å²) in [5.74, 6) is 1.11. The maximum absolute atomic E-state index is 13.9. The van der Waals surface area contributed by atoms with Crippen molar-refractivity contribution in [3.05, 3.63) is 59.6 Å². The normalized spacial score (nSPS) is 24.2. The monoisotopic (exact) mass is 435 g/mol. The van der Waals surface area contributed by atoms with Gasteiger partial charge in [0.2, 0.25) is 0 Å². The number of halogens is 1. The second kappa shape index (κ2) is 7.96. The van der Waals surface area contributed by atoms with Crippen LogP contribution in [0.4, 0.5) is 10.2 Å². The summed E-state index contributed by atoms with van der Waals surface area (Å²) in [5.41, 5.74) is 2.05. The molecule has 2 aliphatic heterocycles. The van der Waals surface area contributed by atoms with Crippen molar-refractivity contribution in [3.63, 3.8) is 0 Å². The number of pyridine rings is 2. The maximum atomic E-state index is 13.9. The van der Waals surface area contributed by atoms with E-state index in [-0.39, 0.29) is 23.8 Å². The van der Waals surface area contributed by atoms with Crippen LogP contribution in [0.3, 0.4) is 0 Å². The Labute approximate surface area is 185 Å². The number of carbonyl (C=O) groups excluding carboxylic acids is 1. The second-order valence-corrected chi connectivity index (χ2v) is 8.81. The van der Waals surface area contributed by atoms with Crippen molar-refractivity contribution in [1.82, 2.24) is 29.9 Å². The summed E-state index contributed by atoms with van der Waals surface area (Å²) in [7, 11) is 0. The molecule has 1 amide bonds. The molecule has 2 atom stereocenters. The van der Waals surface area contributed by atoms with Crippen LogP contribution in [0.25, 0.3) is 5.69 Å². The second-order valence-electron chi connectivity index (χ2n) is 8.81. The van der Waals surface area contributed by atoms with Gasteiger partial charge in [0.1, 0.15) is 17.3 Å². The van der Waals surface area contributed by atoms with E-state index in [1.54, 1.807) is 25.4 Å². The summed E-state index contributed by atoms with van der Waals surface area (Å²) in [6, 6.07) is 6.91. The number of fused-ring (bicyclic) bond motifs is 2. The fourth-order valence-electron chi connectivity index (χ4n) is 4.91. The largest absolute Gasteiger partial charge is 0.368 e. The first-order valence-corrected chi connectivity index (χ1v) is 11.0. The average molecular weight is 436 g/mol. The molecule has 0 radical (unpaired) electrons. The topological polar surface area (TPSA) is 88.8 Å². The Morgan fingerprint density at radius 2 is 1.88 bits per heavy atom. The SMILES string of the molecule is Cc1ccc(-n2nccn2)c(C(=O)N2C3CC(C3)C(C)[C@H]2CNc2ccc(F)c(C)n2)n1. The van der Waals surface area contributed by atoms with Gasteiger partial charge in [-0.15, -0.1) is 4.80 Å². The van der Waals surface area contributed by atoms with E-state index in [4.69, 9.17) is 0 Å². The lowest BCUT2D eigenvalue weighted by Gasteiger charge is -2.57. The van der Waals surface area contributed by atoms with E-state index in [0.717, 1.165) is 18.5 Å². The van der Waals surface area contributed by atoms with Gasteiger partial charge in [0.15, 0.2) is 5.69 Å². The molecule has 6 rings (SSSR count). The average Bonchev–Trinajstić information content (AvgIpc) is 3.28. The van der Waals surface area contributed by atoms with Crippen LogP contribution in [0.2, 0.25) is 0 Å². The van der Waals surface area contributed by atoms with Crippen LogP contribution in [0.15, 0.2) is 36.7 Å². The molecule has 1 unspecified atom stereocenters.